The third-order valence-electron chi connectivity index (χ3n) is 4.72. The molecule has 0 atom stereocenters. The van der Waals surface area contributed by atoms with Crippen LogP contribution in [0.25, 0.3) is 11.0 Å². The maximum atomic E-state index is 12.6. The van der Waals surface area contributed by atoms with Crippen LogP contribution >= 0.6 is 12.4 Å². The van der Waals surface area contributed by atoms with Crippen LogP contribution in [0.15, 0.2) is 30.6 Å². The van der Waals surface area contributed by atoms with E-state index in [0.29, 0.717) is 31.2 Å². The van der Waals surface area contributed by atoms with Crippen molar-refractivity contribution in [3.63, 3.8) is 0 Å². The van der Waals surface area contributed by atoms with Crippen LogP contribution in [0.5, 0.6) is 0 Å². The first-order chi connectivity index (χ1) is 12.1. The van der Waals surface area contributed by atoms with E-state index in [2.05, 4.69) is 52.2 Å². The minimum Gasteiger partial charge on any atom is -0.335 e. The third-order valence-corrected chi connectivity index (χ3v) is 4.72. The molecular weight excluding hydrogens is 352 g/mol. The Morgan fingerprint density at radius 2 is 2.00 bits per heavy atom. The Balaban J connectivity index is 0.00000196. The topological polar surface area (TPSA) is 78.0 Å². The van der Waals surface area contributed by atoms with Crippen LogP contribution in [-0.2, 0) is 11.3 Å². The minimum atomic E-state index is 0. The fourth-order valence-electron chi connectivity index (χ4n) is 3.05. The molecule has 1 N–H and O–H groups in total. The van der Waals surface area contributed by atoms with E-state index in [4.69, 9.17) is 0 Å². The molecule has 0 saturated carbocycles. The van der Waals surface area contributed by atoms with Crippen molar-refractivity contribution < 1.29 is 4.79 Å². The quantitative estimate of drug-likeness (QED) is 0.762. The van der Waals surface area contributed by atoms with Crippen LogP contribution in [0.2, 0.25) is 0 Å². The van der Waals surface area contributed by atoms with Crippen molar-refractivity contribution in [1.29, 1.82) is 0 Å². The molecule has 3 heterocycles. The van der Waals surface area contributed by atoms with Gasteiger partial charge in [0.2, 0.25) is 11.9 Å². The van der Waals surface area contributed by atoms with E-state index in [-0.39, 0.29) is 18.3 Å². The summed E-state index contributed by atoms with van der Waals surface area (Å²) in [7, 11) is 0. The highest BCUT2D eigenvalue weighted by Crippen LogP contribution is 2.17. The molecule has 8 heteroatoms. The van der Waals surface area contributed by atoms with Crippen LogP contribution in [0.4, 0.5) is 5.95 Å². The van der Waals surface area contributed by atoms with Gasteiger partial charge in [0.05, 0.1) is 11.6 Å². The Kier molecular flexibility index (Phi) is 5.08. The number of hydrogen-bond donors (Lipinski definition) is 1. The summed E-state index contributed by atoms with van der Waals surface area (Å²) in [4.78, 5) is 25.2. The number of rotatable bonds is 3. The van der Waals surface area contributed by atoms with Gasteiger partial charge in [-0.2, -0.15) is 10.1 Å². The number of benzene rings is 1. The standard InChI is InChI=1S/C18H20N6O.ClH/c1-12-3-4-14(7-13(12)2)10-23-5-6-24(11-16(23)25)18-19-8-15-9-20-22-17(15)21-18;/h3-4,7-9H,5-6,10-11H2,1-2H3,(H,19,20,21,22);1H. The number of aromatic amines is 1. The average molecular weight is 373 g/mol. The molecule has 1 saturated heterocycles. The number of piperazine rings is 1. The fourth-order valence-corrected chi connectivity index (χ4v) is 3.05. The number of nitrogens with one attached hydrogen (secondary N) is 1. The lowest BCUT2D eigenvalue weighted by Gasteiger charge is -2.34. The van der Waals surface area contributed by atoms with Crippen molar-refractivity contribution >= 4 is 35.3 Å². The number of H-pyrrole nitrogens is 1. The average Bonchev–Trinajstić information content (AvgIpc) is 3.07. The number of nitrogens with zero attached hydrogens (tertiary/aromatic N) is 5. The van der Waals surface area contributed by atoms with Gasteiger partial charge >= 0.3 is 0 Å². The van der Waals surface area contributed by atoms with E-state index >= 15 is 0 Å². The van der Waals surface area contributed by atoms with E-state index in [1.54, 1.807) is 12.4 Å². The minimum absolute atomic E-state index is 0. The van der Waals surface area contributed by atoms with Gasteiger partial charge in [-0.15, -0.1) is 12.4 Å². The molecule has 136 valence electrons. The number of aryl methyl sites for hydroxylation is 2. The first-order valence-corrected chi connectivity index (χ1v) is 8.35. The second-order valence-corrected chi connectivity index (χ2v) is 6.50. The first kappa shape index (κ1) is 18.1. The molecule has 1 fully saturated rings. The second kappa shape index (κ2) is 7.29. The molecule has 1 amide bonds. The number of aromatic nitrogens is 4. The summed E-state index contributed by atoms with van der Waals surface area (Å²) < 4.78 is 0. The Morgan fingerprint density at radius 1 is 1.15 bits per heavy atom. The van der Waals surface area contributed by atoms with E-state index in [1.807, 2.05) is 9.80 Å². The Hall–Kier alpha value is -2.67. The predicted molar refractivity (Wildman–Crippen MR) is 102 cm³/mol. The number of amides is 1. The lowest BCUT2D eigenvalue weighted by molar-refractivity contribution is -0.131. The smallest absolute Gasteiger partial charge is 0.242 e. The van der Waals surface area contributed by atoms with E-state index in [0.717, 1.165) is 11.9 Å². The Morgan fingerprint density at radius 3 is 2.77 bits per heavy atom. The molecule has 0 aliphatic carbocycles. The zero-order valence-electron chi connectivity index (χ0n) is 14.8. The summed E-state index contributed by atoms with van der Waals surface area (Å²) in [5.74, 6) is 0.661. The largest absolute Gasteiger partial charge is 0.335 e. The van der Waals surface area contributed by atoms with Crippen LogP contribution in [0, 0.1) is 13.8 Å². The van der Waals surface area contributed by atoms with Gasteiger partial charge < -0.3 is 9.80 Å². The zero-order chi connectivity index (χ0) is 17.4. The van der Waals surface area contributed by atoms with Gasteiger partial charge in [-0.1, -0.05) is 18.2 Å². The molecule has 3 aromatic rings. The van der Waals surface area contributed by atoms with Gasteiger partial charge in [-0.3, -0.25) is 9.89 Å². The highest BCUT2D eigenvalue weighted by atomic mass is 35.5. The molecule has 7 nitrogen and oxygen atoms in total. The number of carbonyl (C=O) groups excluding carboxylic acids is 1. The van der Waals surface area contributed by atoms with Crippen molar-refractivity contribution in [3.05, 3.63) is 47.3 Å². The zero-order valence-corrected chi connectivity index (χ0v) is 15.6. The first-order valence-electron chi connectivity index (χ1n) is 8.35. The van der Waals surface area contributed by atoms with Crippen molar-refractivity contribution in [1.82, 2.24) is 25.1 Å². The number of carbonyl (C=O) groups is 1. The van der Waals surface area contributed by atoms with Crippen molar-refractivity contribution in [3.8, 4) is 0 Å². The fraction of sp³-hybridized carbons (Fsp3) is 0.333. The number of halogens is 1. The molecule has 1 aromatic carbocycles. The summed E-state index contributed by atoms with van der Waals surface area (Å²) in [6.45, 7) is 6.52. The van der Waals surface area contributed by atoms with E-state index in [9.17, 15) is 4.79 Å². The van der Waals surface area contributed by atoms with Gasteiger partial charge in [0, 0.05) is 25.8 Å². The molecule has 2 aromatic heterocycles. The summed E-state index contributed by atoms with van der Waals surface area (Å²) in [5, 5.41) is 7.66. The molecular formula is C18H21ClN6O. The second-order valence-electron chi connectivity index (χ2n) is 6.50. The predicted octanol–water partition coefficient (Wildman–Crippen LogP) is 2.24. The highest BCUT2D eigenvalue weighted by Gasteiger charge is 2.25. The molecule has 4 rings (SSSR count). The van der Waals surface area contributed by atoms with E-state index < -0.39 is 0 Å². The maximum Gasteiger partial charge on any atom is 0.242 e. The maximum absolute atomic E-state index is 12.6. The molecule has 0 spiro atoms. The van der Waals surface area contributed by atoms with Gasteiger partial charge in [0.15, 0.2) is 5.65 Å². The lowest BCUT2D eigenvalue weighted by Crippen LogP contribution is -2.50. The van der Waals surface area contributed by atoms with Crippen molar-refractivity contribution in [2.24, 2.45) is 0 Å². The summed E-state index contributed by atoms with van der Waals surface area (Å²) >= 11 is 0. The molecule has 0 unspecified atom stereocenters. The Bertz CT molecular complexity index is 940. The van der Waals surface area contributed by atoms with Crippen LogP contribution in [0.1, 0.15) is 16.7 Å². The van der Waals surface area contributed by atoms with Crippen molar-refractivity contribution in [2.75, 3.05) is 24.5 Å². The van der Waals surface area contributed by atoms with Crippen molar-refractivity contribution in [2.45, 2.75) is 20.4 Å². The molecule has 0 bridgehead atoms. The highest BCUT2D eigenvalue weighted by molar-refractivity contribution is 5.85. The number of hydrogen-bond acceptors (Lipinski definition) is 5. The molecule has 1 aliphatic heterocycles. The van der Waals surface area contributed by atoms with Gasteiger partial charge in [-0.05, 0) is 30.5 Å². The summed E-state index contributed by atoms with van der Waals surface area (Å²) in [6.07, 6.45) is 3.42. The molecule has 1 aliphatic rings. The molecule has 26 heavy (non-hydrogen) atoms. The van der Waals surface area contributed by atoms with Crippen LogP contribution < -0.4 is 4.90 Å². The summed E-state index contributed by atoms with van der Waals surface area (Å²) in [6, 6.07) is 6.36. The van der Waals surface area contributed by atoms with Gasteiger partial charge in [-0.25, -0.2) is 4.98 Å². The van der Waals surface area contributed by atoms with E-state index in [1.165, 1.54) is 16.7 Å². The SMILES string of the molecule is Cc1ccc(CN2CCN(c3ncc4cn[nH]c4n3)CC2=O)cc1C.Cl. The third kappa shape index (κ3) is 3.48. The summed E-state index contributed by atoms with van der Waals surface area (Å²) in [5.41, 5.74) is 4.38. The van der Waals surface area contributed by atoms with Gasteiger partial charge in [0.25, 0.3) is 0 Å². The molecule has 0 radical (unpaired) electrons. The monoisotopic (exact) mass is 372 g/mol. The van der Waals surface area contributed by atoms with Crippen LogP contribution in [0.3, 0.4) is 0 Å². The van der Waals surface area contributed by atoms with Crippen LogP contribution in [-0.4, -0.2) is 50.6 Å². The Labute approximate surface area is 157 Å². The number of fused-ring (bicyclic) bond motifs is 1. The number of anilines is 1. The normalized spacial score (nSPS) is 14.6. The van der Waals surface area contributed by atoms with Gasteiger partial charge in [0.1, 0.15) is 6.54 Å². The lowest BCUT2D eigenvalue weighted by atomic mass is 10.1.